The zero-order valence-electron chi connectivity index (χ0n) is 16.7. The van der Waals surface area contributed by atoms with Gasteiger partial charge in [0.25, 0.3) is 0 Å². The van der Waals surface area contributed by atoms with Crippen LogP contribution in [0.1, 0.15) is 46.5 Å². The van der Waals surface area contributed by atoms with Gasteiger partial charge >= 0.3 is 0 Å². The molecule has 4 N–H and O–H groups in total. The van der Waals surface area contributed by atoms with Gasteiger partial charge in [-0.2, -0.15) is 0 Å². The molecule has 28 heavy (non-hydrogen) atoms. The van der Waals surface area contributed by atoms with Crippen molar-refractivity contribution in [3.05, 3.63) is 23.8 Å². The van der Waals surface area contributed by atoms with Crippen LogP contribution in [-0.2, 0) is 9.59 Å². The van der Waals surface area contributed by atoms with Crippen LogP contribution in [-0.4, -0.2) is 45.7 Å². The van der Waals surface area contributed by atoms with Crippen LogP contribution in [0.15, 0.2) is 23.8 Å². The minimum Gasteiger partial charge on any atom is -0.390 e. The highest BCUT2D eigenvalue weighted by molar-refractivity contribution is 6.01. The van der Waals surface area contributed by atoms with Crippen LogP contribution in [0.2, 0.25) is 0 Å². The fourth-order valence-electron chi connectivity index (χ4n) is 7.30. The summed E-state index contributed by atoms with van der Waals surface area (Å²) in [5, 5.41) is 22.6. The van der Waals surface area contributed by atoms with Gasteiger partial charge in [0.1, 0.15) is 5.60 Å². The summed E-state index contributed by atoms with van der Waals surface area (Å²) in [6.07, 6.45) is 4.70. The second-order valence-corrected chi connectivity index (χ2v) is 9.80. The summed E-state index contributed by atoms with van der Waals surface area (Å²) < 4.78 is 16.9. The van der Waals surface area contributed by atoms with Crippen LogP contribution in [0.25, 0.3) is 0 Å². The Morgan fingerprint density at radius 2 is 2.04 bits per heavy atom. The number of alkyl halides is 1. The number of allylic oxidation sites excluding steroid dienone is 4. The number of aliphatic hydroxyl groups is 2. The van der Waals surface area contributed by atoms with E-state index in [0.717, 1.165) is 5.57 Å². The average molecular weight is 391 g/mol. The Labute approximate surface area is 164 Å². The molecule has 0 amide bonds. The highest BCUT2D eigenvalue weighted by Crippen LogP contribution is 2.70. The third-order valence-corrected chi connectivity index (χ3v) is 8.83. The second-order valence-electron chi connectivity index (χ2n) is 9.80. The summed E-state index contributed by atoms with van der Waals surface area (Å²) in [4.78, 5) is 24.5. The van der Waals surface area contributed by atoms with Crippen LogP contribution in [0.3, 0.4) is 0 Å². The largest absolute Gasteiger partial charge is 0.390 e. The number of halogens is 1. The number of ketones is 2. The van der Waals surface area contributed by atoms with Crippen molar-refractivity contribution in [2.24, 2.45) is 34.3 Å². The molecule has 0 spiro atoms. The molecule has 0 aliphatic heterocycles. The molecule has 3 fully saturated rings. The molecule has 4 aliphatic rings. The van der Waals surface area contributed by atoms with Crippen LogP contribution in [0.4, 0.5) is 4.39 Å². The maximum atomic E-state index is 16.9. The van der Waals surface area contributed by atoms with E-state index in [0.29, 0.717) is 19.3 Å². The minimum atomic E-state index is -1.95. The molecule has 154 valence electrons. The highest BCUT2D eigenvalue weighted by atomic mass is 19.1. The summed E-state index contributed by atoms with van der Waals surface area (Å²) in [7, 11) is 0. The molecule has 4 aliphatic carbocycles. The fourth-order valence-corrected chi connectivity index (χ4v) is 7.30. The second kappa shape index (κ2) is 5.83. The van der Waals surface area contributed by atoms with Gasteiger partial charge in [-0.3, -0.25) is 9.59 Å². The molecular weight excluding hydrogens is 361 g/mol. The third-order valence-electron chi connectivity index (χ3n) is 8.83. The Bertz CT molecular complexity index is 808. The molecule has 0 heterocycles. The number of aliphatic hydroxyl groups excluding tert-OH is 1. The maximum absolute atomic E-state index is 16.9. The van der Waals surface area contributed by atoms with Gasteiger partial charge in [0, 0.05) is 16.7 Å². The Morgan fingerprint density at radius 3 is 2.68 bits per heavy atom. The SMILES string of the molecule is C[C@H]1C[C@@H]2[C@H]3CCC4=CC(=O)C=C[C@]4(C)[C@]3(F)[C@@H](O)C[C@@]2(C)[C@]1(O)C(=O)CN. The molecule has 8 atom stereocenters. The first-order valence-electron chi connectivity index (χ1n) is 10.2. The zero-order chi connectivity index (χ0) is 20.7. The number of carbonyl (C=O) groups excluding carboxylic acids is 2. The lowest BCUT2D eigenvalue weighted by Crippen LogP contribution is -2.69. The summed E-state index contributed by atoms with van der Waals surface area (Å²) in [5.74, 6) is -1.71. The summed E-state index contributed by atoms with van der Waals surface area (Å²) in [5.41, 5.74) is 0.711. The number of rotatable bonds is 2. The molecule has 4 rings (SSSR count). The lowest BCUT2D eigenvalue weighted by Gasteiger charge is -2.62. The van der Waals surface area contributed by atoms with Crippen LogP contribution in [0, 0.1) is 28.6 Å². The van der Waals surface area contributed by atoms with Gasteiger partial charge in [-0.15, -0.1) is 0 Å². The first-order valence-corrected chi connectivity index (χ1v) is 10.2. The molecular formula is C22H30FNO4. The molecule has 5 nitrogen and oxygen atoms in total. The van der Waals surface area contributed by atoms with Crippen molar-refractivity contribution >= 4 is 11.6 Å². The van der Waals surface area contributed by atoms with Gasteiger partial charge in [0.15, 0.2) is 17.2 Å². The Balaban J connectivity index is 1.84. The quantitative estimate of drug-likeness (QED) is 0.667. The van der Waals surface area contributed by atoms with Gasteiger partial charge in [-0.05, 0) is 56.6 Å². The van der Waals surface area contributed by atoms with E-state index in [1.54, 1.807) is 13.0 Å². The molecule has 0 bridgehead atoms. The number of Topliss-reactive ketones (excluding diaryl/α,β-unsaturated/α-hetero) is 1. The molecule has 0 radical (unpaired) electrons. The summed E-state index contributed by atoms with van der Waals surface area (Å²) >= 11 is 0. The zero-order valence-corrected chi connectivity index (χ0v) is 16.7. The van der Waals surface area contributed by atoms with E-state index < -0.39 is 39.9 Å². The summed E-state index contributed by atoms with van der Waals surface area (Å²) in [6.45, 7) is 5.11. The molecule has 3 saturated carbocycles. The predicted molar refractivity (Wildman–Crippen MR) is 102 cm³/mol. The van der Waals surface area contributed by atoms with E-state index in [9.17, 15) is 19.8 Å². The first-order chi connectivity index (χ1) is 13.0. The monoisotopic (exact) mass is 391 g/mol. The van der Waals surface area contributed by atoms with Crippen LogP contribution >= 0.6 is 0 Å². The van der Waals surface area contributed by atoms with Gasteiger partial charge in [0.05, 0.1) is 12.6 Å². The van der Waals surface area contributed by atoms with E-state index >= 15 is 4.39 Å². The standard InChI is InChI=1S/C22H30FNO4/c1-12-8-16-15-5-4-13-9-14(25)6-7-19(13,2)21(15,23)17(26)10-20(16,3)22(12,28)18(27)11-24/h6-7,9,12,15-17,26,28H,4-5,8,10-11,24H2,1-3H3/t12-,15+,16+,17-,19-,20+,21+,22+/m0/s1. The third kappa shape index (κ3) is 2.01. The number of nitrogens with two attached hydrogens (primary N) is 1. The molecule has 0 aromatic heterocycles. The molecule has 0 unspecified atom stereocenters. The van der Waals surface area contributed by atoms with Crippen molar-refractivity contribution in [2.45, 2.75) is 63.8 Å². The van der Waals surface area contributed by atoms with Gasteiger partial charge in [-0.1, -0.05) is 25.5 Å². The summed E-state index contributed by atoms with van der Waals surface area (Å²) in [6, 6.07) is 0. The van der Waals surface area contributed by atoms with Crippen LogP contribution in [0.5, 0.6) is 0 Å². The Morgan fingerprint density at radius 1 is 1.36 bits per heavy atom. The molecule has 6 heteroatoms. The van der Waals surface area contributed by atoms with Gasteiger partial charge in [-0.25, -0.2) is 4.39 Å². The van der Waals surface area contributed by atoms with Crippen LogP contribution < -0.4 is 5.73 Å². The molecule has 0 aromatic carbocycles. The first kappa shape index (κ1) is 19.9. The fraction of sp³-hybridized carbons (Fsp3) is 0.727. The van der Waals surface area contributed by atoms with Crippen molar-refractivity contribution in [3.8, 4) is 0 Å². The highest BCUT2D eigenvalue weighted by Gasteiger charge is 2.75. The van der Waals surface area contributed by atoms with Crippen molar-refractivity contribution in [1.82, 2.24) is 0 Å². The predicted octanol–water partition coefficient (Wildman–Crippen LogP) is 1.86. The topological polar surface area (TPSA) is 101 Å². The van der Waals surface area contributed by atoms with Crippen molar-refractivity contribution in [1.29, 1.82) is 0 Å². The number of fused-ring (bicyclic) bond motifs is 5. The average Bonchev–Trinajstić information content (AvgIpc) is 2.84. The van der Waals surface area contributed by atoms with Gasteiger partial charge < -0.3 is 15.9 Å². The number of hydrogen-bond donors (Lipinski definition) is 3. The van der Waals surface area contributed by atoms with E-state index in [1.807, 2.05) is 13.8 Å². The lowest BCUT2D eigenvalue weighted by molar-refractivity contribution is -0.218. The molecule has 0 aromatic rings. The Hall–Kier alpha value is -1.37. The smallest absolute Gasteiger partial charge is 0.178 e. The minimum absolute atomic E-state index is 0.0120. The Kier molecular flexibility index (Phi) is 4.15. The lowest BCUT2D eigenvalue weighted by atomic mass is 9.44. The van der Waals surface area contributed by atoms with E-state index in [2.05, 4.69) is 0 Å². The van der Waals surface area contributed by atoms with Crippen molar-refractivity contribution in [2.75, 3.05) is 6.54 Å². The number of carbonyl (C=O) groups is 2. The molecule has 0 saturated heterocycles. The van der Waals surface area contributed by atoms with E-state index in [4.69, 9.17) is 5.73 Å². The van der Waals surface area contributed by atoms with E-state index in [-0.39, 0.29) is 30.6 Å². The normalized spacial score (nSPS) is 52.5. The number of hydrogen-bond acceptors (Lipinski definition) is 5. The maximum Gasteiger partial charge on any atom is 0.178 e. The van der Waals surface area contributed by atoms with E-state index in [1.165, 1.54) is 12.2 Å². The van der Waals surface area contributed by atoms with Crippen molar-refractivity contribution < 1.29 is 24.2 Å². The van der Waals surface area contributed by atoms with Crippen molar-refractivity contribution in [3.63, 3.8) is 0 Å². The van der Waals surface area contributed by atoms with Gasteiger partial charge in [0.2, 0.25) is 0 Å².